The molecule has 1 unspecified atom stereocenters. The molecule has 0 bridgehead atoms. The van der Waals surface area contributed by atoms with E-state index in [1.54, 1.807) is 0 Å². The second-order valence-electron chi connectivity index (χ2n) is 9.66. The van der Waals surface area contributed by atoms with Crippen molar-refractivity contribution in [2.75, 3.05) is 31.1 Å². The highest BCUT2D eigenvalue weighted by atomic mass is 16.2. The molecule has 4 rings (SSSR count). The van der Waals surface area contributed by atoms with E-state index in [1.807, 2.05) is 29.8 Å². The van der Waals surface area contributed by atoms with Crippen LogP contribution in [-0.2, 0) is 11.2 Å². The van der Waals surface area contributed by atoms with Crippen molar-refractivity contribution >= 4 is 22.8 Å². The molecule has 0 spiro atoms. The Morgan fingerprint density at radius 2 is 1.80 bits per heavy atom. The third-order valence-corrected chi connectivity index (χ3v) is 7.06. The molecule has 1 aliphatic rings. The van der Waals surface area contributed by atoms with Gasteiger partial charge in [-0.15, -0.1) is 0 Å². The molecule has 0 radical (unpaired) electrons. The molecular weight excluding hydrogens is 436 g/mol. The summed E-state index contributed by atoms with van der Waals surface area (Å²) in [6.45, 7) is 11.7. The third-order valence-electron chi connectivity index (χ3n) is 7.06. The van der Waals surface area contributed by atoms with Gasteiger partial charge in [0, 0.05) is 38.5 Å². The molecule has 1 atom stereocenters. The Hall–Kier alpha value is -2.96. The first kappa shape index (κ1) is 25.1. The topological polar surface area (TPSA) is 67.2 Å². The Bertz CT molecular complexity index is 1130. The van der Waals surface area contributed by atoms with Crippen LogP contribution in [0.1, 0.15) is 70.8 Å². The van der Waals surface area contributed by atoms with E-state index in [0.29, 0.717) is 5.91 Å². The first-order valence-electron chi connectivity index (χ1n) is 13.4. The van der Waals surface area contributed by atoms with Gasteiger partial charge >= 0.3 is 0 Å². The fourth-order valence-electron chi connectivity index (χ4n) is 5.08. The lowest BCUT2D eigenvalue weighted by molar-refractivity contribution is -0.135. The minimum atomic E-state index is 0.148. The van der Waals surface area contributed by atoms with Crippen LogP contribution in [0.5, 0.6) is 0 Å². The average molecular weight is 477 g/mol. The van der Waals surface area contributed by atoms with E-state index in [2.05, 4.69) is 42.7 Å². The first-order chi connectivity index (χ1) is 17.1. The minimum absolute atomic E-state index is 0.148. The first-order valence-corrected chi connectivity index (χ1v) is 13.4. The molecule has 0 saturated carbocycles. The molecule has 1 aromatic carbocycles. The van der Waals surface area contributed by atoms with Gasteiger partial charge in [-0.2, -0.15) is 5.10 Å². The van der Waals surface area contributed by atoms with E-state index >= 15 is 0 Å². The Balaban J connectivity index is 1.65. The molecule has 188 valence electrons. The van der Waals surface area contributed by atoms with Crippen LogP contribution in [-0.4, -0.2) is 56.7 Å². The standard InChI is InChI=1S/C28H40N6O/c1-5-8-14-22(7-3)28(35)33-18-12-17-32(19-20-33)26-25-21(4)31-34(23-15-10-9-11-16-23)27(25)30-24(29-26)13-6-2/h9-11,15-16,22H,5-8,12-14,17-20H2,1-4H3. The summed E-state index contributed by atoms with van der Waals surface area (Å²) < 4.78 is 1.95. The Kier molecular flexibility index (Phi) is 8.37. The predicted molar refractivity (Wildman–Crippen MR) is 142 cm³/mol. The zero-order valence-electron chi connectivity index (χ0n) is 21.8. The Labute approximate surface area is 209 Å². The van der Waals surface area contributed by atoms with E-state index in [4.69, 9.17) is 15.1 Å². The van der Waals surface area contributed by atoms with Crippen molar-refractivity contribution in [1.29, 1.82) is 0 Å². The quantitative estimate of drug-likeness (QED) is 0.417. The van der Waals surface area contributed by atoms with Crippen LogP contribution >= 0.6 is 0 Å². The van der Waals surface area contributed by atoms with Gasteiger partial charge < -0.3 is 9.80 Å². The van der Waals surface area contributed by atoms with Gasteiger partial charge in [-0.1, -0.05) is 51.8 Å². The molecular formula is C28H40N6O. The summed E-state index contributed by atoms with van der Waals surface area (Å²) in [5, 5.41) is 5.89. The van der Waals surface area contributed by atoms with E-state index < -0.39 is 0 Å². The van der Waals surface area contributed by atoms with Crippen LogP contribution in [0.4, 0.5) is 5.82 Å². The van der Waals surface area contributed by atoms with E-state index in [0.717, 1.165) is 105 Å². The number of carbonyl (C=O) groups is 1. The molecule has 1 saturated heterocycles. The molecule has 35 heavy (non-hydrogen) atoms. The zero-order valence-corrected chi connectivity index (χ0v) is 21.8. The van der Waals surface area contributed by atoms with E-state index in [-0.39, 0.29) is 5.92 Å². The highest BCUT2D eigenvalue weighted by Crippen LogP contribution is 2.30. The van der Waals surface area contributed by atoms with Crippen molar-refractivity contribution in [1.82, 2.24) is 24.6 Å². The number of hydrogen-bond donors (Lipinski definition) is 0. The number of para-hydroxylation sites is 1. The van der Waals surface area contributed by atoms with Crippen LogP contribution in [0.2, 0.25) is 0 Å². The molecule has 1 fully saturated rings. The van der Waals surface area contributed by atoms with Gasteiger partial charge in [-0.3, -0.25) is 4.79 Å². The monoisotopic (exact) mass is 476 g/mol. The second-order valence-corrected chi connectivity index (χ2v) is 9.66. The normalized spacial score (nSPS) is 15.4. The van der Waals surface area contributed by atoms with Crippen molar-refractivity contribution in [2.24, 2.45) is 5.92 Å². The van der Waals surface area contributed by atoms with E-state index in [9.17, 15) is 4.79 Å². The molecule has 2 aromatic heterocycles. The highest BCUT2D eigenvalue weighted by Gasteiger charge is 2.27. The number of anilines is 1. The number of rotatable bonds is 9. The summed E-state index contributed by atoms with van der Waals surface area (Å²) >= 11 is 0. The number of aryl methyl sites for hydroxylation is 2. The zero-order chi connectivity index (χ0) is 24.8. The molecule has 1 amide bonds. The summed E-state index contributed by atoms with van der Waals surface area (Å²) in [5.41, 5.74) is 2.80. The maximum Gasteiger partial charge on any atom is 0.225 e. The molecule has 0 N–H and O–H groups in total. The lowest BCUT2D eigenvalue weighted by atomic mass is 9.97. The fraction of sp³-hybridized carbons (Fsp3) is 0.571. The lowest BCUT2D eigenvalue weighted by Gasteiger charge is -2.26. The Morgan fingerprint density at radius 1 is 1.00 bits per heavy atom. The predicted octanol–water partition coefficient (Wildman–Crippen LogP) is 5.33. The van der Waals surface area contributed by atoms with Gasteiger partial charge in [0.05, 0.1) is 16.8 Å². The molecule has 1 aliphatic heterocycles. The number of fused-ring (bicyclic) bond motifs is 1. The number of aromatic nitrogens is 4. The van der Waals surface area contributed by atoms with Gasteiger partial charge in [0.1, 0.15) is 11.6 Å². The lowest BCUT2D eigenvalue weighted by Crippen LogP contribution is -2.39. The number of benzene rings is 1. The average Bonchev–Trinajstić information content (AvgIpc) is 3.04. The van der Waals surface area contributed by atoms with Gasteiger partial charge in [0.15, 0.2) is 5.65 Å². The molecule has 3 aromatic rings. The van der Waals surface area contributed by atoms with Crippen LogP contribution in [0.15, 0.2) is 30.3 Å². The maximum atomic E-state index is 13.3. The summed E-state index contributed by atoms with van der Waals surface area (Å²) in [6, 6.07) is 10.2. The smallest absolute Gasteiger partial charge is 0.225 e. The molecule has 0 aliphatic carbocycles. The van der Waals surface area contributed by atoms with Crippen molar-refractivity contribution in [3.63, 3.8) is 0 Å². The van der Waals surface area contributed by atoms with Gasteiger partial charge in [0.25, 0.3) is 0 Å². The number of carbonyl (C=O) groups excluding carboxylic acids is 1. The van der Waals surface area contributed by atoms with Crippen LogP contribution in [0, 0.1) is 12.8 Å². The largest absolute Gasteiger partial charge is 0.354 e. The van der Waals surface area contributed by atoms with Crippen molar-refractivity contribution < 1.29 is 4.79 Å². The van der Waals surface area contributed by atoms with Crippen LogP contribution in [0.3, 0.4) is 0 Å². The third kappa shape index (κ3) is 5.49. The summed E-state index contributed by atoms with van der Waals surface area (Å²) in [7, 11) is 0. The van der Waals surface area contributed by atoms with Gasteiger partial charge in [-0.05, 0) is 44.7 Å². The summed E-state index contributed by atoms with van der Waals surface area (Å²) in [6.07, 6.45) is 6.93. The van der Waals surface area contributed by atoms with Crippen molar-refractivity contribution in [2.45, 2.75) is 72.6 Å². The fourth-order valence-corrected chi connectivity index (χ4v) is 5.08. The minimum Gasteiger partial charge on any atom is -0.354 e. The number of nitrogens with zero attached hydrogens (tertiary/aromatic N) is 6. The van der Waals surface area contributed by atoms with Crippen molar-refractivity contribution in [3.8, 4) is 5.69 Å². The van der Waals surface area contributed by atoms with Crippen molar-refractivity contribution in [3.05, 3.63) is 41.9 Å². The summed E-state index contributed by atoms with van der Waals surface area (Å²) in [5.74, 6) is 2.30. The Morgan fingerprint density at radius 3 is 2.51 bits per heavy atom. The molecule has 3 heterocycles. The van der Waals surface area contributed by atoms with Crippen LogP contribution < -0.4 is 4.90 Å². The van der Waals surface area contributed by atoms with E-state index in [1.165, 1.54) is 0 Å². The number of unbranched alkanes of at least 4 members (excludes halogenated alkanes) is 1. The number of hydrogen-bond acceptors (Lipinski definition) is 5. The number of amides is 1. The molecule has 7 heteroatoms. The highest BCUT2D eigenvalue weighted by molar-refractivity contribution is 5.91. The SMILES string of the molecule is CCCCC(CC)C(=O)N1CCCN(c2nc(CCC)nc3c2c(C)nn3-c2ccccc2)CC1. The maximum absolute atomic E-state index is 13.3. The van der Waals surface area contributed by atoms with Crippen LogP contribution in [0.25, 0.3) is 16.7 Å². The van der Waals surface area contributed by atoms with Gasteiger partial charge in [0.2, 0.25) is 5.91 Å². The summed E-state index contributed by atoms with van der Waals surface area (Å²) in [4.78, 5) is 27.7. The molecule has 7 nitrogen and oxygen atoms in total. The second kappa shape index (κ2) is 11.6. The van der Waals surface area contributed by atoms with Gasteiger partial charge in [-0.25, -0.2) is 14.6 Å².